The lowest BCUT2D eigenvalue weighted by Gasteiger charge is -1.57. The third kappa shape index (κ3) is 8430. The second-order valence-electron chi connectivity index (χ2n) is 1.11. The first-order valence-corrected chi connectivity index (χ1v) is 2.71. The van der Waals surface area contributed by atoms with Gasteiger partial charge in [-0.1, -0.05) is 19.1 Å². The van der Waals surface area contributed by atoms with E-state index in [2.05, 4.69) is 26.9 Å². The third-order valence-corrected chi connectivity index (χ3v) is 0.289. The summed E-state index contributed by atoms with van der Waals surface area (Å²) in [7, 11) is 0. The molecule has 0 atom stereocenters. The van der Waals surface area contributed by atoms with E-state index in [1.807, 2.05) is 13.0 Å². The monoisotopic (exact) mass is 126 g/mol. The minimum Gasteiger partial charge on any atom is -0.281 e. The maximum atomic E-state index is 7.50. The van der Waals surface area contributed by atoms with E-state index < -0.39 is 0 Å². The maximum Gasteiger partial charge on any atom is 0.281 e. The Labute approximate surface area is 58.1 Å². The zero-order valence-electron chi connectivity index (χ0n) is 6.18. The molecular formula is C8H14O. The van der Waals surface area contributed by atoms with Crippen molar-refractivity contribution in [3.05, 3.63) is 25.3 Å². The van der Waals surface area contributed by atoms with Crippen LogP contribution in [0.4, 0.5) is 0 Å². The molecule has 0 unspecified atom stereocenters. The van der Waals surface area contributed by atoms with E-state index in [9.17, 15) is 0 Å². The lowest BCUT2D eigenvalue weighted by molar-refractivity contribution is 0.574. The van der Waals surface area contributed by atoms with E-state index in [-0.39, 0.29) is 0 Å². The first-order valence-electron chi connectivity index (χ1n) is 2.71. The van der Waals surface area contributed by atoms with Gasteiger partial charge in [0.2, 0.25) is 0 Å². The van der Waals surface area contributed by atoms with Gasteiger partial charge in [0.1, 0.15) is 0 Å². The van der Waals surface area contributed by atoms with Crippen molar-refractivity contribution in [3.63, 3.8) is 0 Å². The molecule has 0 aliphatic rings. The average molecular weight is 126 g/mol. The topological polar surface area (TPSA) is 17.1 Å². The van der Waals surface area contributed by atoms with Crippen molar-refractivity contribution < 1.29 is 4.79 Å². The Balaban J connectivity index is -0.0000000646. The van der Waals surface area contributed by atoms with E-state index in [0.717, 1.165) is 6.42 Å². The van der Waals surface area contributed by atoms with Gasteiger partial charge in [0, 0.05) is 0 Å². The minimum absolute atomic E-state index is 1.08. The molecule has 2 radical (unpaired) electrons. The molecule has 0 heterocycles. The molecule has 0 aliphatic heterocycles. The Morgan fingerprint density at radius 2 is 1.56 bits per heavy atom. The third-order valence-electron chi connectivity index (χ3n) is 0.289. The van der Waals surface area contributed by atoms with Crippen LogP contribution < -0.4 is 0 Å². The highest BCUT2D eigenvalue weighted by molar-refractivity contribution is 5.12. The Kier molecular flexibility index (Phi) is 102. The second-order valence-corrected chi connectivity index (χ2v) is 1.11. The molecule has 0 aliphatic carbocycles. The van der Waals surface area contributed by atoms with Gasteiger partial charge in [-0.3, -0.25) is 4.79 Å². The van der Waals surface area contributed by atoms with Gasteiger partial charge >= 0.3 is 0 Å². The van der Waals surface area contributed by atoms with Gasteiger partial charge in [-0.05, 0) is 13.3 Å². The summed E-state index contributed by atoms with van der Waals surface area (Å²) in [5, 5.41) is 0. The molecule has 1 nitrogen and oxygen atoms in total. The SMILES string of the molecule is C=CC.C=CCC.[C]=O. The fourth-order valence-corrected chi connectivity index (χ4v) is 0. The van der Waals surface area contributed by atoms with Gasteiger partial charge in [0.15, 0.2) is 0 Å². The van der Waals surface area contributed by atoms with Crippen LogP contribution in [-0.2, 0) is 4.79 Å². The smallest absolute Gasteiger partial charge is 0.281 e. The number of hydrogen-bond donors (Lipinski definition) is 0. The summed E-state index contributed by atoms with van der Waals surface area (Å²) in [6.07, 6.45) is 4.71. The largest absolute Gasteiger partial charge is 0.281 e. The van der Waals surface area contributed by atoms with Gasteiger partial charge in [0.25, 0.3) is 6.79 Å². The maximum absolute atomic E-state index is 7.50. The Morgan fingerprint density at radius 1 is 1.44 bits per heavy atom. The van der Waals surface area contributed by atoms with Crippen LogP contribution in [-0.4, -0.2) is 6.79 Å². The van der Waals surface area contributed by atoms with E-state index in [1.54, 1.807) is 6.08 Å². The molecule has 0 aromatic heterocycles. The van der Waals surface area contributed by atoms with Crippen LogP contribution in [0.25, 0.3) is 0 Å². The molecule has 0 fully saturated rings. The predicted octanol–water partition coefficient (Wildman–Crippen LogP) is 2.38. The highest BCUT2D eigenvalue weighted by atomic mass is 16.1. The van der Waals surface area contributed by atoms with E-state index >= 15 is 0 Å². The minimum atomic E-state index is 1.08. The van der Waals surface area contributed by atoms with Crippen molar-refractivity contribution in [2.45, 2.75) is 20.3 Å². The van der Waals surface area contributed by atoms with Gasteiger partial charge in [-0.15, -0.1) is 13.2 Å². The molecule has 9 heavy (non-hydrogen) atoms. The first-order chi connectivity index (χ1) is 4.33. The molecule has 0 aromatic carbocycles. The van der Waals surface area contributed by atoms with Gasteiger partial charge in [-0.25, -0.2) is 0 Å². The van der Waals surface area contributed by atoms with Crippen LogP contribution in [0.5, 0.6) is 0 Å². The van der Waals surface area contributed by atoms with Crippen LogP contribution in [0.15, 0.2) is 25.3 Å². The van der Waals surface area contributed by atoms with E-state index in [0.29, 0.717) is 0 Å². The zero-order valence-corrected chi connectivity index (χ0v) is 6.18. The van der Waals surface area contributed by atoms with Crippen LogP contribution in [0.2, 0.25) is 0 Å². The number of hydrogen-bond acceptors (Lipinski definition) is 1. The summed E-state index contributed by atoms with van der Waals surface area (Å²) < 4.78 is 0. The average Bonchev–Trinajstić information content (AvgIpc) is 1.94. The Morgan fingerprint density at radius 3 is 1.56 bits per heavy atom. The summed E-state index contributed by atoms with van der Waals surface area (Å²) in [5.41, 5.74) is 0. The molecule has 0 aromatic rings. The van der Waals surface area contributed by atoms with Crippen molar-refractivity contribution in [1.29, 1.82) is 0 Å². The Bertz CT molecular complexity index is 48.5. The van der Waals surface area contributed by atoms with E-state index in [4.69, 9.17) is 4.79 Å². The standard InChI is InChI=1S/C4H8.C3H6.CO/c1-3-4-2;1-3-2;1-2/h3H,1,4H2,2H3;3H,1H2,2H3;. The molecule has 0 spiro atoms. The van der Waals surface area contributed by atoms with Crippen LogP contribution in [0.3, 0.4) is 0 Å². The fourth-order valence-electron chi connectivity index (χ4n) is 0. The van der Waals surface area contributed by atoms with Crippen LogP contribution in [0.1, 0.15) is 20.3 Å². The van der Waals surface area contributed by atoms with Crippen molar-refractivity contribution in [2.75, 3.05) is 0 Å². The molecule has 0 saturated heterocycles. The predicted molar refractivity (Wildman–Crippen MR) is 42.1 cm³/mol. The molecular weight excluding hydrogens is 112 g/mol. The van der Waals surface area contributed by atoms with Crippen molar-refractivity contribution >= 4 is 6.79 Å². The fraction of sp³-hybridized carbons (Fsp3) is 0.375. The summed E-state index contributed by atoms with van der Waals surface area (Å²) >= 11 is 0. The lowest BCUT2D eigenvalue weighted by Crippen LogP contribution is -1.36. The lowest BCUT2D eigenvalue weighted by atomic mass is 10.5. The van der Waals surface area contributed by atoms with Gasteiger partial charge in [-0.2, -0.15) is 0 Å². The summed E-state index contributed by atoms with van der Waals surface area (Å²) in [6, 6.07) is 0. The summed E-state index contributed by atoms with van der Waals surface area (Å²) in [4.78, 5) is 7.50. The second kappa shape index (κ2) is 58.5. The first kappa shape index (κ1) is 15.7. The highest BCUT2D eigenvalue weighted by Gasteiger charge is 1.45. The molecule has 52 valence electrons. The zero-order chi connectivity index (χ0) is 8.12. The Hall–Kier alpha value is -0.850. The molecule has 0 saturated carbocycles. The quantitative estimate of drug-likeness (QED) is 0.493. The number of rotatable bonds is 1. The number of carbonyl (C=O) groups excluding carboxylic acids is 1. The molecule has 1 heteroatoms. The highest BCUT2D eigenvalue weighted by Crippen LogP contribution is 1.66. The summed E-state index contributed by atoms with van der Waals surface area (Å²) in [5.74, 6) is 0. The normalized spacial score (nSPS) is 4.67. The van der Waals surface area contributed by atoms with Crippen LogP contribution >= 0.6 is 0 Å². The molecule has 0 N–H and O–H groups in total. The molecule has 0 rings (SSSR count). The van der Waals surface area contributed by atoms with Crippen molar-refractivity contribution in [2.24, 2.45) is 0 Å². The van der Waals surface area contributed by atoms with Gasteiger partial charge in [0.05, 0.1) is 0 Å². The van der Waals surface area contributed by atoms with E-state index in [1.165, 1.54) is 0 Å². The molecule has 0 bridgehead atoms. The van der Waals surface area contributed by atoms with Crippen molar-refractivity contribution in [3.8, 4) is 0 Å². The molecule has 0 amide bonds. The number of allylic oxidation sites excluding steroid dienone is 2. The summed E-state index contributed by atoms with van der Waals surface area (Å²) in [6.45, 7) is 15.3. The van der Waals surface area contributed by atoms with Crippen molar-refractivity contribution in [1.82, 2.24) is 0 Å². The van der Waals surface area contributed by atoms with Crippen LogP contribution in [0, 0.1) is 0 Å². The van der Waals surface area contributed by atoms with Gasteiger partial charge < -0.3 is 0 Å².